The molecule has 6 heteroatoms. The van der Waals surface area contributed by atoms with Crippen molar-refractivity contribution in [2.75, 3.05) is 19.6 Å². The van der Waals surface area contributed by atoms with Gasteiger partial charge in [-0.2, -0.15) is 0 Å². The molecule has 0 saturated heterocycles. The first-order valence-corrected chi connectivity index (χ1v) is 8.94. The lowest BCUT2D eigenvalue weighted by Gasteiger charge is -2.19. The standard InChI is InChI=1S/C20H26N4O2/c1-2-10-21-12-13-23-20(26)18(14-16-7-4-3-5-8-16)24-19(25)17-9-6-11-22-15-17/h3-9,11,15,18,21H,2,10,12-14H2,1H3,(H,23,26)(H,24,25). The van der Waals surface area contributed by atoms with Crippen molar-refractivity contribution in [2.24, 2.45) is 0 Å². The van der Waals surface area contributed by atoms with Gasteiger partial charge in [-0.05, 0) is 30.7 Å². The van der Waals surface area contributed by atoms with Crippen LogP contribution >= 0.6 is 0 Å². The first-order valence-electron chi connectivity index (χ1n) is 8.94. The van der Waals surface area contributed by atoms with E-state index in [1.165, 1.54) is 6.20 Å². The second-order valence-corrected chi connectivity index (χ2v) is 6.00. The zero-order chi connectivity index (χ0) is 18.6. The van der Waals surface area contributed by atoms with E-state index in [2.05, 4.69) is 27.9 Å². The molecule has 1 heterocycles. The van der Waals surface area contributed by atoms with Crippen molar-refractivity contribution >= 4 is 11.8 Å². The molecular formula is C20H26N4O2. The predicted molar refractivity (Wildman–Crippen MR) is 102 cm³/mol. The maximum absolute atomic E-state index is 12.6. The Morgan fingerprint density at radius 3 is 2.54 bits per heavy atom. The highest BCUT2D eigenvalue weighted by atomic mass is 16.2. The van der Waals surface area contributed by atoms with Gasteiger partial charge in [0.1, 0.15) is 6.04 Å². The van der Waals surface area contributed by atoms with Crippen LogP contribution in [-0.2, 0) is 11.2 Å². The Hall–Kier alpha value is -2.73. The molecule has 3 N–H and O–H groups in total. The number of benzene rings is 1. The Bertz CT molecular complexity index is 677. The van der Waals surface area contributed by atoms with E-state index >= 15 is 0 Å². The topological polar surface area (TPSA) is 83.1 Å². The minimum absolute atomic E-state index is 0.190. The maximum atomic E-state index is 12.6. The Labute approximate surface area is 154 Å². The molecule has 2 amide bonds. The summed E-state index contributed by atoms with van der Waals surface area (Å²) in [4.78, 5) is 28.9. The normalized spacial score (nSPS) is 11.6. The molecule has 1 atom stereocenters. The summed E-state index contributed by atoms with van der Waals surface area (Å²) in [6, 6.07) is 12.4. The molecule has 6 nitrogen and oxygen atoms in total. The van der Waals surface area contributed by atoms with E-state index in [9.17, 15) is 9.59 Å². The van der Waals surface area contributed by atoms with Gasteiger partial charge in [0.15, 0.2) is 0 Å². The van der Waals surface area contributed by atoms with Crippen LogP contribution in [0.2, 0.25) is 0 Å². The molecule has 0 aliphatic heterocycles. The zero-order valence-corrected chi connectivity index (χ0v) is 15.1. The molecule has 1 unspecified atom stereocenters. The number of carbonyl (C=O) groups excluding carboxylic acids is 2. The summed E-state index contributed by atoms with van der Waals surface area (Å²) in [7, 11) is 0. The Balaban J connectivity index is 1.98. The van der Waals surface area contributed by atoms with Gasteiger partial charge in [0.25, 0.3) is 5.91 Å². The molecule has 0 aliphatic rings. The van der Waals surface area contributed by atoms with Gasteiger partial charge in [0, 0.05) is 31.9 Å². The van der Waals surface area contributed by atoms with Crippen molar-refractivity contribution in [1.29, 1.82) is 0 Å². The lowest BCUT2D eigenvalue weighted by molar-refractivity contribution is -0.122. The lowest BCUT2D eigenvalue weighted by Crippen LogP contribution is -2.49. The van der Waals surface area contributed by atoms with Gasteiger partial charge in [-0.25, -0.2) is 0 Å². The highest BCUT2D eigenvalue weighted by Crippen LogP contribution is 2.05. The van der Waals surface area contributed by atoms with Crippen LogP contribution in [0.1, 0.15) is 29.3 Å². The summed E-state index contributed by atoms with van der Waals surface area (Å²) < 4.78 is 0. The van der Waals surface area contributed by atoms with E-state index in [0.717, 1.165) is 18.5 Å². The van der Waals surface area contributed by atoms with Gasteiger partial charge in [-0.1, -0.05) is 37.3 Å². The number of rotatable bonds is 10. The Kier molecular flexibility index (Phi) is 8.29. The van der Waals surface area contributed by atoms with Crippen LogP contribution in [-0.4, -0.2) is 42.5 Å². The molecule has 2 rings (SSSR count). The quantitative estimate of drug-likeness (QED) is 0.565. The number of nitrogens with one attached hydrogen (secondary N) is 3. The van der Waals surface area contributed by atoms with Gasteiger partial charge in [-0.3, -0.25) is 14.6 Å². The van der Waals surface area contributed by atoms with Gasteiger partial charge in [-0.15, -0.1) is 0 Å². The number of hydrogen-bond donors (Lipinski definition) is 3. The van der Waals surface area contributed by atoms with E-state index in [0.29, 0.717) is 25.1 Å². The van der Waals surface area contributed by atoms with Crippen molar-refractivity contribution in [1.82, 2.24) is 20.9 Å². The average molecular weight is 354 g/mol. The number of nitrogens with zero attached hydrogens (tertiary/aromatic N) is 1. The molecule has 1 aromatic carbocycles. The van der Waals surface area contributed by atoms with Crippen molar-refractivity contribution in [3.8, 4) is 0 Å². The largest absolute Gasteiger partial charge is 0.353 e. The van der Waals surface area contributed by atoms with Crippen molar-refractivity contribution in [2.45, 2.75) is 25.8 Å². The second-order valence-electron chi connectivity index (χ2n) is 6.00. The van der Waals surface area contributed by atoms with Crippen molar-refractivity contribution in [3.05, 3.63) is 66.0 Å². The monoisotopic (exact) mass is 354 g/mol. The lowest BCUT2D eigenvalue weighted by atomic mass is 10.0. The minimum Gasteiger partial charge on any atom is -0.353 e. The van der Waals surface area contributed by atoms with Crippen LogP contribution in [0.4, 0.5) is 0 Å². The number of amides is 2. The summed E-state index contributed by atoms with van der Waals surface area (Å²) >= 11 is 0. The smallest absolute Gasteiger partial charge is 0.253 e. The van der Waals surface area contributed by atoms with Crippen molar-refractivity contribution < 1.29 is 9.59 Å². The minimum atomic E-state index is -0.642. The van der Waals surface area contributed by atoms with E-state index in [1.54, 1.807) is 18.3 Å². The van der Waals surface area contributed by atoms with Crippen LogP contribution in [0.3, 0.4) is 0 Å². The molecule has 138 valence electrons. The third-order valence-electron chi connectivity index (χ3n) is 3.86. The fourth-order valence-electron chi connectivity index (χ4n) is 2.50. The first-order chi connectivity index (χ1) is 12.7. The Morgan fingerprint density at radius 2 is 1.85 bits per heavy atom. The van der Waals surface area contributed by atoms with Crippen LogP contribution in [0.15, 0.2) is 54.9 Å². The number of aromatic nitrogens is 1. The second kappa shape index (κ2) is 11.0. The van der Waals surface area contributed by atoms with Gasteiger partial charge in [0.05, 0.1) is 5.56 Å². The fraction of sp³-hybridized carbons (Fsp3) is 0.350. The van der Waals surface area contributed by atoms with E-state index in [-0.39, 0.29) is 11.8 Å². The highest BCUT2D eigenvalue weighted by molar-refractivity contribution is 5.97. The molecule has 0 bridgehead atoms. The van der Waals surface area contributed by atoms with Gasteiger partial charge < -0.3 is 16.0 Å². The number of hydrogen-bond acceptors (Lipinski definition) is 4. The number of carbonyl (C=O) groups is 2. The maximum Gasteiger partial charge on any atom is 0.253 e. The van der Waals surface area contributed by atoms with E-state index in [4.69, 9.17) is 0 Å². The molecule has 0 radical (unpaired) electrons. The highest BCUT2D eigenvalue weighted by Gasteiger charge is 2.21. The SMILES string of the molecule is CCCNCCNC(=O)C(Cc1ccccc1)NC(=O)c1cccnc1. The molecular weight excluding hydrogens is 328 g/mol. The predicted octanol–water partition coefficient (Wildman–Crippen LogP) is 1.54. The summed E-state index contributed by atoms with van der Waals surface area (Å²) in [5.41, 5.74) is 1.42. The van der Waals surface area contributed by atoms with Crippen LogP contribution in [0.25, 0.3) is 0 Å². The summed E-state index contributed by atoms with van der Waals surface area (Å²) in [5.74, 6) is -0.498. The summed E-state index contributed by atoms with van der Waals surface area (Å²) in [6.45, 7) is 4.23. The third kappa shape index (κ3) is 6.64. The summed E-state index contributed by atoms with van der Waals surface area (Å²) in [6.07, 6.45) is 4.57. The van der Waals surface area contributed by atoms with Crippen LogP contribution in [0.5, 0.6) is 0 Å². The zero-order valence-electron chi connectivity index (χ0n) is 15.1. The molecule has 0 saturated carbocycles. The number of pyridine rings is 1. The molecule has 26 heavy (non-hydrogen) atoms. The third-order valence-corrected chi connectivity index (χ3v) is 3.86. The first kappa shape index (κ1) is 19.6. The fourth-order valence-corrected chi connectivity index (χ4v) is 2.50. The van der Waals surface area contributed by atoms with Crippen LogP contribution in [0, 0.1) is 0 Å². The molecule has 0 spiro atoms. The summed E-state index contributed by atoms with van der Waals surface area (Å²) in [5, 5.41) is 8.94. The van der Waals surface area contributed by atoms with Gasteiger partial charge >= 0.3 is 0 Å². The molecule has 0 aliphatic carbocycles. The Morgan fingerprint density at radius 1 is 1.04 bits per heavy atom. The van der Waals surface area contributed by atoms with E-state index in [1.807, 2.05) is 30.3 Å². The van der Waals surface area contributed by atoms with Gasteiger partial charge in [0.2, 0.25) is 5.91 Å². The van der Waals surface area contributed by atoms with Crippen molar-refractivity contribution in [3.63, 3.8) is 0 Å². The van der Waals surface area contributed by atoms with E-state index < -0.39 is 6.04 Å². The molecule has 2 aromatic rings. The van der Waals surface area contributed by atoms with Crippen LogP contribution < -0.4 is 16.0 Å². The average Bonchev–Trinajstić information content (AvgIpc) is 2.68. The molecule has 0 fully saturated rings. The molecule has 1 aromatic heterocycles.